The molecule has 0 aliphatic carbocycles. The maximum absolute atomic E-state index is 14.8. The lowest BCUT2D eigenvalue weighted by molar-refractivity contribution is -0.153. The normalized spacial score (nSPS) is 11.3. The van der Waals surface area contributed by atoms with E-state index in [0.717, 1.165) is 12.1 Å². The van der Waals surface area contributed by atoms with E-state index in [0.29, 0.717) is 6.07 Å². The van der Waals surface area contributed by atoms with Gasteiger partial charge in [-0.2, -0.15) is 13.2 Å². The molecule has 0 aliphatic rings. The predicted octanol–water partition coefficient (Wildman–Crippen LogP) is 6.23. The van der Waals surface area contributed by atoms with Crippen molar-refractivity contribution in [1.82, 2.24) is 4.98 Å². The fraction of sp³-hybridized carbons (Fsp3) is 0.100. The first-order valence-corrected chi connectivity index (χ1v) is 9.36. The van der Waals surface area contributed by atoms with Gasteiger partial charge in [0.2, 0.25) is 5.88 Å². The summed E-state index contributed by atoms with van der Waals surface area (Å²) < 4.78 is 71.5. The van der Waals surface area contributed by atoms with Crippen molar-refractivity contribution in [2.45, 2.75) is 6.18 Å². The van der Waals surface area contributed by atoms with E-state index in [4.69, 9.17) is 27.9 Å². The zero-order valence-corrected chi connectivity index (χ0v) is 17.1. The minimum absolute atomic E-state index is 0.138. The van der Waals surface area contributed by atoms with E-state index in [1.165, 1.54) is 24.3 Å². The van der Waals surface area contributed by atoms with E-state index in [2.05, 4.69) is 10.3 Å². The Bertz CT molecular complexity index is 1170. The third-order valence-electron chi connectivity index (χ3n) is 4.01. The van der Waals surface area contributed by atoms with Crippen LogP contribution in [0.25, 0.3) is 11.3 Å². The third kappa shape index (κ3) is 5.38. The van der Waals surface area contributed by atoms with Gasteiger partial charge in [0.25, 0.3) is 5.91 Å². The number of para-hydroxylation sites is 1. The second kappa shape index (κ2) is 9.17. The van der Waals surface area contributed by atoms with Gasteiger partial charge >= 0.3 is 6.18 Å². The number of carbonyl (C=O) groups excluding carboxylic acids is 1. The Morgan fingerprint density at radius 1 is 1.06 bits per heavy atom. The molecule has 0 saturated heterocycles. The van der Waals surface area contributed by atoms with Crippen molar-refractivity contribution in [2.24, 2.45) is 0 Å². The van der Waals surface area contributed by atoms with Crippen LogP contribution in [0.4, 0.5) is 27.6 Å². The van der Waals surface area contributed by atoms with Gasteiger partial charge in [-0.1, -0.05) is 29.3 Å². The Morgan fingerprint density at radius 3 is 2.41 bits per heavy atom. The lowest BCUT2D eigenvalue weighted by atomic mass is 10.1. The highest BCUT2D eigenvalue weighted by molar-refractivity contribution is 6.34. The Labute approximate surface area is 187 Å². The molecule has 168 valence electrons. The quantitative estimate of drug-likeness (QED) is 0.414. The first-order chi connectivity index (χ1) is 15.0. The van der Waals surface area contributed by atoms with Crippen molar-refractivity contribution in [2.75, 3.05) is 11.9 Å². The SMILES string of the molecule is O=C(Nc1c(F)cccc1Cl)c1cc(F)c(-c2ccc(Cl)c(O)n2)cc1OCC(F)(F)F. The number of nitrogens with one attached hydrogen (secondary N) is 1. The zero-order chi connectivity index (χ0) is 23.6. The van der Waals surface area contributed by atoms with Crippen LogP contribution in [0.1, 0.15) is 10.4 Å². The highest BCUT2D eigenvalue weighted by atomic mass is 35.5. The van der Waals surface area contributed by atoms with Crippen molar-refractivity contribution in [3.05, 3.63) is 69.7 Å². The van der Waals surface area contributed by atoms with Crippen molar-refractivity contribution in [1.29, 1.82) is 0 Å². The molecule has 0 saturated carbocycles. The largest absolute Gasteiger partial charge is 0.492 e. The molecule has 1 aromatic heterocycles. The van der Waals surface area contributed by atoms with E-state index in [1.54, 1.807) is 0 Å². The molecule has 0 unspecified atom stereocenters. The number of ether oxygens (including phenoxy) is 1. The molecule has 0 radical (unpaired) electrons. The number of aromatic nitrogens is 1. The van der Waals surface area contributed by atoms with Crippen molar-refractivity contribution >= 4 is 34.8 Å². The van der Waals surface area contributed by atoms with Gasteiger partial charge in [-0.3, -0.25) is 4.79 Å². The first kappa shape index (κ1) is 23.6. The number of anilines is 1. The Kier molecular flexibility index (Phi) is 6.75. The fourth-order valence-electron chi connectivity index (χ4n) is 2.59. The summed E-state index contributed by atoms with van der Waals surface area (Å²) >= 11 is 11.5. The van der Waals surface area contributed by atoms with E-state index in [1.807, 2.05) is 0 Å². The fourth-order valence-corrected chi connectivity index (χ4v) is 2.90. The summed E-state index contributed by atoms with van der Waals surface area (Å²) in [5, 5.41) is 11.4. The number of hydrogen-bond donors (Lipinski definition) is 2. The highest BCUT2D eigenvalue weighted by Gasteiger charge is 2.30. The minimum Gasteiger partial charge on any atom is -0.492 e. The topological polar surface area (TPSA) is 71.5 Å². The summed E-state index contributed by atoms with van der Waals surface area (Å²) in [5.74, 6) is -4.48. The number of benzene rings is 2. The smallest absolute Gasteiger partial charge is 0.422 e. The number of carbonyl (C=O) groups is 1. The summed E-state index contributed by atoms with van der Waals surface area (Å²) in [6, 6.07) is 7.32. The van der Waals surface area contributed by atoms with Crippen molar-refractivity contribution in [3.63, 3.8) is 0 Å². The Hall–Kier alpha value is -3.11. The summed E-state index contributed by atoms with van der Waals surface area (Å²) in [6.45, 7) is -1.79. The Morgan fingerprint density at radius 2 is 1.78 bits per heavy atom. The van der Waals surface area contributed by atoms with Crippen molar-refractivity contribution < 1.29 is 36.6 Å². The molecule has 0 fully saturated rings. The lowest BCUT2D eigenvalue weighted by Crippen LogP contribution is -2.22. The van der Waals surface area contributed by atoms with Gasteiger partial charge in [0.05, 0.1) is 22.0 Å². The molecule has 2 aromatic carbocycles. The van der Waals surface area contributed by atoms with Crippen LogP contribution in [-0.4, -0.2) is 28.8 Å². The average molecular weight is 493 g/mol. The molecule has 3 aromatic rings. The van der Waals surface area contributed by atoms with Crippen molar-refractivity contribution in [3.8, 4) is 22.9 Å². The molecular weight excluding hydrogens is 482 g/mol. The maximum Gasteiger partial charge on any atom is 0.422 e. The van der Waals surface area contributed by atoms with Gasteiger partial charge in [-0.05, 0) is 36.4 Å². The second-order valence-electron chi connectivity index (χ2n) is 6.28. The number of nitrogens with zero attached hydrogens (tertiary/aromatic N) is 1. The van der Waals surface area contributed by atoms with Gasteiger partial charge in [0, 0.05) is 5.56 Å². The number of halogens is 7. The van der Waals surface area contributed by atoms with Gasteiger partial charge in [-0.25, -0.2) is 13.8 Å². The zero-order valence-electron chi connectivity index (χ0n) is 15.6. The van der Waals surface area contributed by atoms with Crippen LogP contribution in [0.2, 0.25) is 10.0 Å². The summed E-state index contributed by atoms with van der Waals surface area (Å²) in [7, 11) is 0. The number of amides is 1. The molecule has 5 nitrogen and oxygen atoms in total. The molecule has 12 heteroatoms. The van der Waals surface area contributed by atoms with Crippen LogP contribution < -0.4 is 10.1 Å². The van der Waals surface area contributed by atoms with Gasteiger partial charge in [0.15, 0.2) is 6.61 Å². The standard InChI is InChI=1S/C20H11Cl2F5N2O3/c21-11-2-1-3-13(23)17(11)29-18(30)10-6-14(24)9(7-16(10)32-8-20(25,26)27)15-5-4-12(22)19(31)28-15/h1-7H,8H2,(H,28,31)(H,29,30). The van der Waals surface area contributed by atoms with E-state index in [9.17, 15) is 31.9 Å². The van der Waals surface area contributed by atoms with Gasteiger partial charge in [-0.15, -0.1) is 0 Å². The van der Waals surface area contributed by atoms with E-state index < -0.39 is 53.2 Å². The lowest BCUT2D eigenvalue weighted by Gasteiger charge is -2.16. The molecule has 2 N–H and O–H groups in total. The highest BCUT2D eigenvalue weighted by Crippen LogP contribution is 2.34. The second-order valence-corrected chi connectivity index (χ2v) is 7.10. The van der Waals surface area contributed by atoms with Crippen LogP contribution in [0.15, 0.2) is 42.5 Å². The molecule has 0 spiro atoms. The number of aromatic hydroxyl groups is 1. The first-order valence-electron chi connectivity index (χ1n) is 8.60. The molecule has 0 aliphatic heterocycles. The number of pyridine rings is 1. The third-order valence-corrected chi connectivity index (χ3v) is 4.62. The molecular formula is C20H11Cl2F5N2O3. The van der Waals surface area contributed by atoms with E-state index >= 15 is 0 Å². The summed E-state index contributed by atoms with van der Waals surface area (Å²) in [5.41, 5.74) is -1.68. The number of alkyl halides is 3. The molecule has 32 heavy (non-hydrogen) atoms. The molecule has 0 atom stereocenters. The number of rotatable bonds is 5. The van der Waals surface area contributed by atoms with Gasteiger partial charge < -0.3 is 15.2 Å². The average Bonchev–Trinajstić information content (AvgIpc) is 2.71. The van der Waals surface area contributed by atoms with Crippen LogP contribution in [0.3, 0.4) is 0 Å². The van der Waals surface area contributed by atoms with Gasteiger partial charge in [0.1, 0.15) is 22.4 Å². The molecule has 3 rings (SSSR count). The van der Waals surface area contributed by atoms with Crippen LogP contribution >= 0.6 is 23.2 Å². The summed E-state index contributed by atoms with van der Waals surface area (Å²) in [4.78, 5) is 16.3. The molecule has 1 heterocycles. The molecule has 1 amide bonds. The van der Waals surface area contributed by atoms with Crippen LogP contribution in [0.5, 0.6) is 11.6 Å². The predicted molar refractivity (Wildman–Crippen MR) is 107 cm³/mol. The van der Waals surface area contributed by atoms with E-state index in [-0.39, 0.29) is 21.3 Å². The monoisotopic (exact) mass is 492 g/mol. The maximum atomic E-state index is 14.8. The van der Waals surface area contributed by atoms with Crippen LogP contribution in [-0.2, 0) is 0 Å². The number of hydrogen-bond acceptors (Lipinski definition) is 4. The summed E-state index contributed by atoms with van der Waals surface area (Å²) in [6.07, 6.45) is -4.77. The minimum atomic E-state index is -4.77. The molecule has 0 bridgehead atoms. The Balaban J connectivity index is 2.06. The van der Waals surface area contributed by atoms with Crippen LogP contribution in [0, 0.1) is 11.6 Å².